The normalized spacial score (nSPS) is 19.5. The van der Waals surface area contributed by atoms with E-state index >= 15 is 0 Å². The van der Waals surface area contributed by atoms with E-state index in [1.54, 1.807) is 9.47 Å². The summed E-state index contributed by atoms with van der Waals surface area (Å²) in [6.45, 7) is 8.66. The molecule has 1 unspecified atom stereocenters. The van der Waals surface area contributed by atoms with Gasteiger partial charge in [-0.2, -0.15) is 5.26 Å². The number of carbonyl (C=O) groups is 1. The van der Waals surface area contributed by atoms with E-state index in [0.717, 1.165) is 49.3 Å². The summed E-state index contributed by atoms with van der Waals surface area (Å²) < 4.78 is 2.25. The molecule has 8 heteroatoms. The van der Waals surface area contributed by atoms with Crippen molar-refractivity contribution in [2.75, 3.05) is 18.0 Å². The molecule has 2 aliphatic rings. The summed E-state index contributed by atoms with van der Waals surface area (Å²) in [6, 6.07) is 11.9. The van der Waals surface area contributed by atoms with Gasteiger partial charge in [0.15, 0.2) is 0 Å². The number of carbonyl (C=O) groups excluding carboxylic acids is 1. The zero-order valence-electron chi connectivity index (χ0n) is 20.4. The van der Waals surface area contributed by atoms with Crippen molar-refractivity contribution in [3.8, 4) is 6.07 Å². The largest absolute Gasteiger partial charge is 0.357 e. The van der Waals surface area contributed by atoms with Gasteiger partial charge >= 0.3 is 0 Å². The topological polar surface area (TPSA) is 69.3 Å². The number of piperidine rings is 1. The molecular formula is C27H30N4O2S2. The summed E-state index contributed by atoms with van der Waals surface area (Å²) in [7, 11) is 0. The van der Waals surface area contributed by atoms with Crippen LogP contribution in [0.25, 0.3) is 6.08 Å². The van der Waals surface area contributed by atoms with Gasteiger partial charge in [0.05, 0.1) is 11.4 Å². The lowest BCUT2D eigenvalue weighted by atomic mass is 9.98. The van der Waals surface area contributed by atoms with Gasteiger partial charge in [-0.3, -0.25) is 19.1 Å². The number of thiocarbonyl (C=S) groups is 1. The monoisotopic (exact) mass is 506 g/mol. The molecule has 1 aromatic heterocycles. The average molecular weight is 507 g/mol. The zero-order chi connectivity index (χ0) is 25.1. The lowest BCUT2D eigenvalue weighted by Crippen LogP contribution is -2.40. The molecule has 0 spiro atoms. The molecule has 35 heavy (non-hydrogen) atoms. The molecule has 2 aromatic rings. The van der Waals surface area contributed by atoms with Crippen LogP contribution in [0.5, 0.6) is 0 Å². The fourth-order valence-electron chi connectivity index (χ4n) is 4.83. The summed E-state index contributed by atoms with van der Waals surface area (Å²) in [5.74, 6) is 1.17. The first-order valence-electron chi connectivity index (χ1n) is 12.1. The second-order valence-electron chi connectivity index (χ2n) is 9.25. The molecule has 2 aliphatic heterocycles. The molecule has 1 amide bonds. The summed E-state index contributed by atoms with van der Waals surface area (Å²) in [5, 5.41) is 9.82. The molecule has 0 N–H and O–H groups in total. The highest BCUT2D eigenvalue weighted by molar-refractivity contribution is 8.26. The predicted molar refractivity (Wildman–Crippen MR) is 146 cm³/mol. The predicted octanol–water partition coefficient (Wildman–Crippen LogP) is 5.08. The second-order valence-corrected chi connectivity index (χ2v) is 10.9. The van der Waals surface area contributed by atoms with Crippen LogP contribution in [-0.4, -0.2) is 32.8 Å². The Labute approximate surface area is 216 Å². The van der Waals surface area contributed by atoms with Gasteiger partial charge in [0.25, 0.3) is 11.5 Å². The molecular weight excluding hydrogens is 476 g/mol. The highest BCUT2D eigenvalue weighted by atomic mass is 32.2. The van der Waals surface area contributed by atoms with E-state index in [9.17, 15) is 14.9 Å². The van der Waals surface area contributed by atoms with E-state index in [2.05, 4.69) is 17.9 Å². The third kappa shape index (κ3) is 5.07. The Morgan fingerprint density at radius 2 is 2.00 bits per heavy atom. The van der Waals surface area contributed by atoms with E-state index in [0.29, 0.717) is 33.8 Å². The number of amides is 1. The van der Waals surface area contributed by atoms with Crippen LogP contribution in [0.2, 0.25) is 0 Å². The number of hydrogen-bond donors (Lipinski definition) is 0. The average Bonchev–Trinajstić information content (AvgIpc) is 3.10. The van der Waals surface area contributed by atoms with E-state index in [1.165, 1.54) is 11.8 Å². The van der Waals surface area contributed by atoms with Crippen molar-refractivity contribution in [2.24, 2.45) is 5.92 Å². The molecule has 0 saturated carbocycles. The van der Waals surface area contributed by atoms with Crippen molar-refractivity contribution in [3.05, 3.63) is 67.8 Å². The Morgan fingerprint density at radius 1 is 1.26 bits per heavy atom. The Hall–Kier alpha value is -2.89. The summed E-state index contributed by atoms with van der Waals surface area (Å²) in [5.41, 5.74) is 2.27. The van der Waals surface area contributed by atoms with Gasteiger partial charge in [0, 0.05) is 25.2 Å². The number of anilines is 1. The van der Waals surface area contributed by atoms with Crippen LogP contribution in [-0.2, 0) is 17.9 Å². The molecule has 182 valence electrons. The van der Waals surface area contributed by atoms with E-state index in [1.807, 2.05) is 50.3 Å². The first-order chi connectivity index (χ1) is 16.8. The van der Waals surface area contributed by atoms with Crippen molar-refractivity contribution < 1.29 is 4.79 Å². The van der Waals surface area contributed by atoms with Crippen LogP contribution in [0.1, 0.15) is 55.4 Å². The molecule has 1 atom stereocenters. The molecule has 0 radical (unpaired) electrons. The number of rotatable bonds is 6. The van der Waals surface area contributed by atoms with Crippen LogP contribution in [0.4, 0.5) is 5.82 Å². The van der Waals surface area contributed by atoms with Crippen molar-refractivity contribution in [1.29, 1.82) is 5.26 Å². The number of aromatic nitrogens is 1. The molecule has 6 nitrogen and oxygen atoms in total. The van der Waals surface area contributed by atoms with Gasteiger partial charge in [-0.15, -0.1) is 0 Å². The van der Waals surface area contributed by atoms with Gasteiger partial charge in [-0.05, 0) is 49.3 Å². The summed E-state index contributed by atoms with van der Waals surface area (Å²) in [4.78, 5) is 31.1. The van der Waals surface area contributed by atoms with Gasteiger partial charge in [-0.1, -0.05) is 68.2 Å². The minimum atomic E-state index is -0.256. The molecule has 0 bridgehead atoms. The van der Waals surface area contributed by atoms with Gasteiger partial charge < -0.3 is 4.90 Å². The van der Waals surface area contributed by atoms with Crippen molar-refractivity contribution in [3.63, 3.8) is 0 Å². The van der Waals surface area contributed by atoms with Crippen molar-refractivity contribution in [1.82, 2.24) is 9.47 Å². The number of benzene rings is 1. The number of thioether (sulfide) groups is 1. The first kappa shape index (κ1) is 25.2. The lowest BCUT2D eigenvalue weighted by molar-refractivity contribution is -0.122. The number of nitriles is 1. The minimum absolute atomic E-state index is 0.137. The molecule has 3 heterocycles. The first-order valence-corrected chi connectivity index (χ1v) is 13.3. The van der Waals surface area contributed by atoms with E-state index in [4.69, 9.17) is 12.2 Å². The number of pyridine rings is 1. The highest BCUT2D eigenvalue weighted by Crippen LogP contribution is 2.37. The Kier molecular flexibility index (Phi) is 7.78. The fraction of sp³-hybridized carbons (Fsp3) is 0.407. The van der Waals surface area contributed by atoms with Crippen LogP contribution < -0.4 is 10.5 Å². The second kappa shape index (κ2) is 10.8. The zero-order valence-corrected chi connectivity index (χ0v) is 22.0. The van der Waals surface area contributed by atoms with Gasteiger partial charge in [0.2, 0.25) is 0 Å². The van der Waals surface area contributed by atoms with E-state index < -0.39 is 0 Å². The van der Waals surface area contributed by atoms with Crippen LogP contribution >= 0.6 is 24.0 Å². The van der Waals surface area contributed by atoms with Crippen LogP contribution in [0.15, 0.2) is 40.0 Å². The van der Waals surface area contributed by atoms with Crippen molar-refractivity contribution in [2.45, 2.75) is 53.1 Å². The quantitative estimate of drug-likeness (QED) is 0.402. The third-order valence-electron chi connectivity index (χ3n) is 6.58. The lowest BCUT2D eigenvalue weighted by Gasteiger charge is -2.36. The standard InChI is InChI=1S/C27H30N4O2S2/c1-4-12-30-24(29-13-8-9-18(2)16-29)21(19(3)22(15-28)25(30)32)14-23-26(33)31(27(34)35-23)17-20-10-6-5-7-11-20/h5-7,10-11,14,18H,4,8-9,12-13,16-17H2,1-3H3. The maximum atomic E-state index is 13.4. The molecule has 1 aromatic carbocycles. The summed E-state index contributed by atoms with van der Waals surface area (Å²) in [6.07, 6.45) is 4.81. The Balaban J connectivity index is 1.83. The van der Waals surface area contributed by atoms with Crippen molar-refractivity contribution >= 4 is 46.1 Å². The SMILES string of the molecule is CCCn1c(N2CCCC(C)C2)c(C=C2SC(=S)N(Cc3ccccc3)C2=O)c(C)c(C#N)c1=O. The molecule has 4 rings (SSSR count). The number of hydrogen-bond acceptors (Lipinski definition) is 6. The number of nitrogens with zero attached hydrogens (tertiary/aromatic N) is 4. The van der Waals surface area contributed by atoms with Crippen LogP contribution in [0, 0.1) is 24.2 Å². The fourth-order valence-corrected chi connectivity index (χ4v) is 6.07. The van der Waals surface area contributed by atoms with Crippen LogP contribution in [0.3, 0.4) is 0 Å². The molecule has 2 fully saturated rings. The van der Waals surface area contributed by atoms with Gasteiger partial charge in [-0.25, -0.2) is 0 Å². The maximum Gasteiger partial charge on any atom is 0.270 e. The minimum Gasteiger partial charge on any atom is -0.357 e. The Bertz CT molecular complexity index is 1280. The smallest absolute Gasteiger partial charge is 0.270 e. The maximum absolute atomic E-state index is 13.4. The van der Waals surface area contributed by atoms with E-state index in [-0.39, 0.29) is 17.0 Å². The third-order valence-corrected chi connectivity index (χ3v) is 7.96. The highest BCUT2D eigenvalue weighted by Gasteiger charge is 2.33. The van der Waals surface area contributed by atoms with Gasteiger partial charge in [0.1, 0.15) is 21.8 Å². The molecule has 2 saturated heterocycles. The molecule has 0 aliphatic carbocycles. The Morgan fingerprint density at radius 3 is 2.66 bits per heavy atom. The summed E-state index contributed by atoms with van der Waals surface area (Å²) >= 11 is 6.84.